The van der Waals surface area contributed by atoms with Crippen LogP contribution >= 0.6 is 23.1 Å². The van der Waals surface area contributed by atoms with Crippen LogP contribution in [0.25, 0.3) is 21.1 Å². The van der Waals surface area contributed by atoms with Gasteiger partial charge in [-0.2, -0.15) is 13.2 Å². The zero-order chi connectivity index (χ0) is 23.4. The normalized spacial score (nSPS) is 11.4. The fraction of sp³-hybridized carbons (Fsp3) is 0.130. The second-order valence-corrected chi connectivity index (χ2v) is 8.96. The Morgan fingerprint density at radius 1 is 1.00 bits per heavy atom. The van der Waals surface area contributed by atoms with Crippen molar-refractivity contribution >= 4 is 34.7 Å². The van der Waals surface area contributed by atoms with Crippen molar-refractivity contribution in [1.29, 1.82) is 0 Å². The molecule has 4 aromatic rings. The maximum absolute atomic E-state index is 12.6. The molecule has 0 aliphatic heterocycles. The van der Waals surface area contributed by atoms with Crippen LogP contribution in [0.1, 0.15) is 11.3 Å². The standard InChI is InChI=1S/C23H17F3N4OS2/c1-14-21(33-22(27-14)15-5-3-2-4-6-15)18-11-12-20(30-29-18)32-13-19(31)28-17-9-7-16(8-10-17)23(24,25)26/h2-12H,13H2,1H3,(H,28,31). The van der Waals surface area contributed by atoms with Gasteiger partial charge in [0.2, 0.25) is 5.91 Å². The molecule has 33 heavy (non-hydrogen) atoms. The van der Waals surface area contributed by atoms with Gasteiger partial charge in [-0.05, 0) is 43.3 Å². The first kappa shape index (κ1) is 22.9. The van der Waals surface area contributed by atoms with Gasteiger partial charge in [0.15, 0.2) is 0 Å². The van der Waals surface area contributed by atoms with Crippen LogP contribution in [0.2, 0.25) is 0 Å². The van der Waals surface area contributed by atoms with Gasteiger partial charge >= 0.3 is 6.18 Å². The van der Waals surface area contributed by atoms with Gasteiger partial charge in [-0.3, -0.25) is 4.79 Å². The number of hydrogen-bond acceptors (Lipinski definition) is 6. The fourth-order valence-electron chi connectivity index (χ4n) is 2.94. The van der Waals surface area contributed by atoms with E-state index in [0.29, 0.717) is 16.4 Å². The summed E-state index contributed by atoms with van der Waals surface area (Å²) in [7, 11) is 0. The highest BCUT2D eigenvalue weighted by Crippen LogP contribution is 2.34. The molecular formula is C23H17F3N4OS2. The first-order valence-corrected chi connectivity index (χ1v) is 11.6. The van der Waals surface area contributed by atoms with Gasteiger partial charge in [0.25, 0.3) is 0 Å². The molecule has 0 atom stereocenters. The quantitative estimate of drug-likeness (QED) is 0.323. The molecule has 4 rings (SSSR count). The Balaban J connectivity index is 1.35. The highest BCUT2D eigenvalue weighted by molar-refractivity contribution is 7.99. The minimum atomic E-state index is -4.41. The van der Waals surface area contributed by atoms with E-state index in [9.17, 15) is 18.0 Å². The number of aromatic nitrogens is 3. The molecule has 5 nitrogen and oxygen atoms in total. The number of hydrogen-bond donors (Lipinski definition) is 1. The number of amides is 1. The van der Waals surface area contributed by atoms with E-state index >= 15 is 0 Å². The second-order valence-electron chi connectivity index (χ2n) is 6.97. The summed E-state index contributed by atoms with van der Waals surface area (Å²) in [5.74, 6) is -0.302. The highest BCUT2D eigenvalue weighted by Gasteiger charge is 2.30. The molecule has 0 fully saturated rings. The SMILES string of the molecule is Cc1nc(-c2ccccc2)sc1-c1ccc(SCC(=O)Nc2ccc(C(F)(F)F)cc2)nn1. The third-order valence-corrected chi connectivity index (χ3v) is 6.69. The fourth-order valence-corrected chi connectivity index (χ4v) is 4.59. The van der Waals surface area contributed by atoms with Crippen LogP contribution in [-0.2, 0) is 11.0 Å². The number of carbonyl (C=O) groups is 1. The molecule has 2 heterocycles. The molecule has 2 aromatic heterocycles. The number of halogens is 3. The molecule has 0 unspecified atom stereocenters. The monoisotopic (exact) mass is 486 g/mol. The number of nitrogens with zero attached hydrogens (tertiary/aromatic N) is 3. The lowest BCUT2D eigenvalue weighted by atomic mass is 10.2. The second kappa shape index (κ2) is 9.72. The van der Waals surface area contributed by atoms with E-state index in [-0.39, 0.29) is 11.7 Å². The van der Waals surface area contributed by atoms with Crippen molar-refractivity contribution in [3.8, 4) is 21.1 Å². The summed E-state index contributed by atoms with van der Waals surface area (Å²) in [5.41, 5.74) is 2.13. The Bertz CT molecular complexity index is 1240. The molecule has 10 heteroatoms. The summed E-state index contributed by atoms with van der Waals surface area (Å²) in [5, 5.41) is 12.5. The third-order valence-electron chi connectivity index (χ3n) is 4.54. The van der Waals surface area contributed by atoms with E-state index in [1.807, 2.05) is 43.3 Å². The lowest BCUT2D eigenvalue weighted by Crippen LogP contribution is -2.14. The summed E-state index contributed by atoms with van der Waals surface area (Å²) in [4.78, 5) is 17.7. The van der Waals surface area contributed by atoms with Crippen LogP contribution in [0.3, 0.4) is 0 Å². The van der Waals surface area contributed by atoms with Crippen molar-refractivity contribution in [3.63, 3.8) is 0 Å². The summed E-state index contributed by atoms with van der Waals surface area (Å²) in [6, 6.07) is 17.8. The number of carbonyl (C=O) groups excluding carboxylic acids is 1. The van der Waals surface area contributed by atoms with Crippen LogP contribution in [0.15, 0.2) is 71.8 Å². The first-order chi connectivity index (χ1) is 15.8. The molecule has 0 saturated carbocycles. The van der Waals surface area contributed by atoms with Gasteiger partial charge in [0, 0.05) is 11.3 Å². The van der Waals surface area contributed by atoms with Crippen molar-refractivity contribution in [2.24, 2.45) is 0 Å². The molecule has 0 radical (unpaired) electrons. The Morgan fingerprint density at radius 2 is 1.73 bits per heavy atom. The predicted molar refractivity (Wildman–Crippen MR) is 124 cm³/mol. The number of aryl methyl sites for hydroxylation is 1. The van der Waals surface area contributed by atoms with Crippen LogP contribution in [0, 0.1) is 6.92 Å². The van der Waals surface area contributed by atoms with Gasteiger partial charge < -0.3 is 5.32 Å². The van der Waals surface area contributed by atoms with Crippen LogP contribution in [0.4, 0.5) is 18.9 Å². The molecule has 0 aliphatic rings. The van der Waals surface area contributed by atoms with Crippen molar-refractivity contribution in [1.82, 2.24) is 15.2 Å². The van der Waals surface area contributed by atoms with E-state index in [2.05, 4.69) is 20.5 Å². The molecule has 0 aliphatic carbocycles. The molecule has 0 saturated heterocycles. The number of nitrogens with one attached hydrogen (secondary N) is 1. The Kier molecular flexibility index (Phi) is 6.75. The van der Waals surface area contributed by atoms with Gasteiger partial charge in [-0.25, -0.2) is 4.98 Å². The lowest BCUT2D eigenvalue weighted by Gasteiger charge is -2.08. The molecule has 0 bridgehead atoms. The van der Waals surface area contributed by atoms with Gasteiger partial charge in [-0.1, -0.05) is 42.1 Å². The largest absolute Gasteiger partial charge is 0.416 e. The van der Waals surface area contributed by atoms with Crippen molar-refractivity contribution in [2.45, 2.75) is 18.1 Å². The van der Waals surface area contributed by atoms with Gasteiger partial charge in [-0.15, -0.1) is 21.5 Å². The number of anilines is 1. The maximum Gasteiger partial charge on any atom is 0.416 e. The van der Waals surface area contributed by atoms with E-state index < -0.39 is 11.7 Å². The molecule has 1 amide bonds. The highest BCUT2D eigenvalue weighted by atomic mass is 32.2. The summed E-state index contributed by atoms with van der Waals surface area (Å²) in [6.07, 6.45) is -4.41. The van der Waals surface area contributed by atoms with Crippen LogP contribution in [-0.4, -0.2) is 26.8 Å². The molecule has 1 N–H and O–H groups in total. The predicted octanol–water partition coefficient (Wildman–Crippen LogP) is 6.33. The molecule has 0 spiro atoms. The maximum atomic E-state index is 12.6. The smallest absolute Gasteiger partial charge is 0.325 e. The van der Waals surface area contributed by atoms with E-state index in [0.717, 1.165) is 33.3 Å². The molecule has 168 valence electrons. The lowest BCUT2D eigenvalue weighted by molar-refractivity contribution is -0.137. The topological polar surface area (TPSA) is 67.8 Å². The first-order valence-electron chi connectivity index (χ1n) is 9.76. The number of alkyl halides is 3. The average molecular weight is 487 g/mol. The number of thioether (sulfide) groups is 1. The van der Waals surface area contributed by atoms with Crippen LogP contribution in [0.5, 0.6) is 0 Å². The zero-order valence-electron chi connectivity index (χ0n) is 17.3. The zero-order valence-corrected chi connectivity index (χ0v) is 18.9. The summed E-state index contributed by atoms with van der Waals surface area (Å²) in [6.45, 7) is 1.92. The van der Waals surface area contributed by atoms with E-state index in [4.69, 9.17) is 0 Å². The molecular weight excluding hydrogens is 469 g/mol. The Labute approximate surface area is 196 Å². The number of thiazole rings is 1. The van der Waals surface area contributed by atoms with E-state index in [1.165, 1.54) is 35.2 Å². The molecule has 2 aromatic carbocycles. The Hall–Kier alpha value is -3.24. The van der Waals surface area contributed by atoms with Crippen molar-refractivity contribution in [3.05, 3.63) is 78.0 Å². The number of benzene rings is 2. The van der Waals surface area contributed by atoms with Crippen molar-refractivity contribution in [2.75, 3.05) is 11.1 Å². The third kappa shape index (κ3) is 5.77. The minimum Gasteiger partial charge on any atom is -0.325 e. The van der Waals surface area contributed by atoms with Crippen LogP contribution < -0.4 is 5.32 Å². The minimum absolute atomic E-state index is 0.0484. The van der Waals surface area contributed by atoms with Gasteiger partial charge in [0.05, 0.1) is 21.9 Å². The Morgan fingerprint density at radius 3 is 2.36 bits per heavy atom. The van der Waals surface area contributed by atoms with Gasteiger partial charge in [0.1, 0.15) is 15.7 Å². The number of rotatable bonds is 6. The summed E-state index contributed by atoms with van der Waals surface area (Å²) >= 11 is 2.73. The summed E-state index contributed by atoms with van der Waals surface area (Å²) < 4.78 is 37.9. The van der Waals surface area contributed by atoms with Crippen molar-refractivity contribution < 1.29 is 18.0 Å². The average Bonchev–Trinajstić information content (AvgIpc) is 3.20. The van der Waals surface area contributed by atoms with E-state index in [1.54, 1.807) is 6.07 Å².